The van der Waals surface area contributed by atoms with E-state index in [2.05, 4.69) is 143 Å². The normalized spacial score (nSPS) is 14.6. The minimum atomic E-state index is -0.516. The van der Waals surface area contributed by atoms with Crippen LogP contribution in [0.5, 0.6) is 0 Å². The van der Waals surface area contributed by atoms with Crippen molar-refractivity contribution >= 4 is 98.9 Å². The first kappa shape index (κ1) is 32.2. The highest BCUT2D eigenvalue weighted by atomic mass is 16.3. The van der Waals surface area contributed by atoms with Crippen molar-refractivity contribution in [3.05, 3.63) is 199 Å². The summed E-state index contributed by atoms with van der Waals surface area (Å²) >= 11 is 0. The van der Waals surface area contributed by atoms with Crippen LogP contribution in [0.3, 0.4) is 0 Å². The number of furan rings is 2. The number of hydrogen-bond acceptors (Lipinski definition) is 5. The van der Waals surface area contributed by atoms with E-state index >= 15 is 0 Å². The summed E-state index contributed by atoms with van der Waals surface area (Å²) in [5, 5.41) is 14.9. The maximum atomic E-state index is 6.71. The van der Waals surface area contributed by atoms with Gasteiger partial charge < -0.3 is 18.7 Å². The van der Waals surface area contributed by atoms with E-state index in [1.807, 2.05) is 48.5 Å². The lowest BCUT2D eigenvalue weighted by Gasteiger charge is -2.23. The van der Waals surface area contributed by atoms with Gasteiger partial charge >= 0.3 is 0 Å². The Morgan fingerprint density at radius 2 is 1.10 bits per heavy atom. The molecule has 1 unspecified atom stereocenters. The maximum absolute atomic E-state index is 6.71. The molecule has 6 nitrogen and oxygen atoms in total. The van der Waals surface area contributed by atoms with Crippen LogP contribution in [0.1, 0.15) is 22.9 Å². The minimum Gasteiger partial charge on any atom is -0.456 e. The SMILES string of the molecule is c1ccc(C2=NC(c3ccc4ccc5oc6cccc(-n7c8ccccc8c8cc9ccccc9cc87)c6c5c4c3)N=C(c3cccc4oc5ccccc5c34)N2)cc1. The van der Waals surface area contributed by atoms with E-state index < -0.39 is 6.17 Å². The van der Waals surface area contributed by atoms with Gasteiger partial charge in [0.25, 0.3) is 0 Å². The summed E-state index contributed by atoms with van der Waals surface area (Å²) < 4.78 is 15.4. The third kappa shape index (κ3) is 4.80. The van der Waals surface area contributed by atoms with E-state index in [0.717, 1.165) is 99.7 Å². The van der Waals surface area contributed by atoms with Gasteiger partial charge in [0.15, 0.2) is 6.17 Å². The van der Waals surface area contributed by atoms with Crippen LogP contribution in [0.4, 0.5) is 0 Å². The lowest BCUT2D eigenvalue weighted by Crippen LogP contribution is -2.36. The Morgan fingerprint density at radius 1 is 0.424 bits per heavy atom. The van der Waals surface area contributed by atoms with Crippen LogP contribution < -0.4 is 5.32 Å². The number of aromatic nitrogens is 1. The van der Waals surface area contributed by atoms with Gasteiger partial charge in [0, 0.05) is 38.1 Å². The first-order valence-corrected chi connectivity index (χ1v) is 19.9. The Kier molecular flexibility index (Phi) is 6.69. The first-order valence-electron chi connectivity index (χ1n) is 19.9. The van der Waals surface area contributed by atoms with Crippen molar-refractivity contribution in [1.82, 2.24) is 9.88 Å². The van der Waals surface area contributed by atoms with Gasteiger partial charge in [0.2, 0.25) is 0 Å². The summed E-state index contributed by atoms with van der Waals surface area (Å²) in [5.74, 6) is 1.51. The van der Waals surface area contributed by atoms with Crippen LogP contribution in [0.15, 0.2) is 201 Å². The van der Waals surface area contributed by atoms with E-state index in [1.54, 1.807) is 0 Å². The smallest absolute Gasteiger partial charge is 0.169 e. The highest BCUT2D eigenvalue weighted by Gasteiger charge is 2.25. The zero-order valence-corrected chi connectivity index (χ0v) is 31.6. The number of rotatable bonds is 4. The van der Waals surface area contributed by atoms with Crippen molar-refractivity contribution in [2.75, 3.05) is 0 Å². The van der Waals surface area contributed by atoms with Crippen molar-refractivity contribution in [2.24, 2.45) is 9.98 Å². The molecule has 1 N–H and O–H groups in total. The highest BCUT2D eigenvalue weighted by Crippen LogP contribution is 2.43. The van der Waals surface area contributed by atoms with Crippen LogP contribution in [-0.2, 0) is 0 Å². The van der Waals surface area contributed by atoms with Crippen molar-refractivity contribution in [3.8, 4) is 5.69 Å². The minimum absolute atomic E-state index is 0.516. The third-order valence-electron chi connectivity index (χ3n) is 12.0. The number of nitrogens with one attached hydrogen (secondary N) is 1. The van der Waals surface area contributed by atoms with E-state index in [-0.39, 0.29) is 0 Å². The molecule has 0 aliphatic carbocycles. The van der Waals surface area contributed by atoms with E-state index in [1.165, 1.54) is 21.5 Å². The lowest BCUT2D eigenvalue weighted by atomic mass is 9.99. The van der Waals surface area contributed by atoms with Crippen LogP contribution >= 0.6 is 0 Å². The quantitative estimate of drug-likeness (QED) is 0.194. The summed E-state index contributed by atoms with van der Waals surface area (Å²) in [5.41, 5.74) is 9.67. The Morgan fingerprint density at radius 3 is 2.00 bits per heavy atom. The number of fused-ring (bicyclic) bond motifs is 12. The Bertz CT molecular complexity index is 3770. The fourth-order valence-corrected chi connectivity index (χ4v) is 9.35. The molecule has 4 heterocycles. The largest absolute Gasteiger partial charge is 0.456 e. The molecule has 0 spiro atoms. The molecule has 3 aromatic heterocycles. The fraction of sp³-hybridized carbons (Fsp3) is 0.0189. The third-order valence-corrected chi connectivity index (χ3v) is 12.0. The van der Waals surface area contributed by atoms with Gasteiger partial charge in [-0.3, -0.25) is 0 Å². The van der Waals surface area contributed by atoms with Gasteiger partial charge in [-0.2, -0.15) is 0 Å². The molecule has 13 rings (SSSR count). The number of benzene rings is 9. The molecule has 0 saturated carbocycles. The number of aliphatic imine (C=N–C) groups is 2. The molecule has 0 bridgehead atoms. The lowest BCUT2D eigenvalue weighted by molar-refractivity contribution is 0.668. The summed E-state index contributed by atoms with van der Waals surface area (Å²) in [6.45, 7) is 0. The van der Waals surface area contributed by atoms with Crippen molar-refractivity contribution in [3.63, 3.8) is 0 Å². The second-order valence-electron chi connectivity index (χ2n) is 15.3. The maximum Gasteiger partial charge on any atom is 0.169 e. The zero-order chi connectivity index (χ0) is 38.6. The molecule has 1 aliphatic rings. The Balaban J connectivity index is 1.05. The molecule has 9 aromatic carbocycles. The summed E-state index contributed by atoms with van der Waals surface area (Å²) in [6.07, 6.45) is -0.516. The predicted molar refractivity (Wildman–Crippen MR) is 242 cm³/mol. The molecule has 12 aromatic rings. The molecular weight excluding hydrogens is 725 g/mol. The van der Waals surface area contributed by atoms with Gasteiger partial charge in [0.1, 0.15) is 34.0 Å². The van der Waals surface area contributed by atoms with Gasteiger partial charge in [-0.25, -0.2) is 9.98 Å². The van der Waals surface area contributed by atoms with Gasteiger partial charge in [-0.15, -0.1) is 0 Å². The molecule has 59 heavy (non-hydrogen) atoms. The van der Waals surface area contributed by atoms with E-state index in [4.69, 9.17) is 18.8 Å². The van der Waals surface area contributed by atoms with E-state index in [0.29, 0.717) is 0 Å². The first-order chi connectivity index (χ1) is 29.2. The topological polar surface area (TPSA) is 68.0 Å². The Hall–Kier alpha value is -7.96. The van der Waals surface area contributed by atoms with Gasteiger partial charge in [0.05, 0.1) is 22.1 Å². The van der Waals surface area contributed by atoms with Crippen molar-refractivity contribution in [2.45, 2.75) is 6.17 Å². The second-order valence-corrected chi connectivity index (χ2v) is 15.3. The standard InChI is InChI=1S/C53H32N4O2/c1-2-12-32(13-3-1)51-54-52(56-53(55-51)38-18-10-22-45-48(38)37-17-7-9-21-44(37)58-45)35-25-24-31-26-27-47-49(39(31)29-35)50-42(20-11-23-46(50)59-47)57-41-19-8-6-16-36(41)40-28-33-14-4-5-15-34(33)30-43(40)57/h1-30,52H,(H,54,55,56). The summed E-state index contributed by atoms with van der Waals surface area (Å²) in [6, 6.07) is 63.8. The van der Waals surface area contributed by atoms with Crippen LogP contribution in [0, 0.1) is 0 Å². The summed E-state index contributed by atoms with van der Waals surface area (Å²) in [4.78, 5) is 10.7. The monoisotopic (exact) mass is 756 g/mol. The number of amidine groups is 2. The number of para-hydroxylation sites is 2. The van der Waals surface area contributed by atoms with Gasteiger partial charge in [-0.1, -0.05) is 127 Å². The van der Waals surface area contributed by atoms with Crippen molar-refractivity contribution < 1.29 is 8.83 Å². The molecule has 1 aliphatic heterocycles. The average molecular weight is 757 g/mol. The van der Waals surface area contributed by atoms with Crippen LogP contribution in [-0.4, -0.2) is 16.2 Å². The average Bonchev–Trinajstić information content (AvgIpc) is 3.98. The molecular formula is C53H32N4O2. The predicted octanol–water partition coefficient (Wildman–Crippen LogP) is 13.4. The zero-order valence-electron chi connectivity index (χ0n) is 31.6. The van der Waals surface area contributed by atoms with Crippen molar-refractivity contribution in [1.29, 1.82) is 0 Å². The number of nitrogens with zero attached hydrogens (tertiary/aromatic N) is 3. The number of hydrogen-bond donors (Lipinski definition) is 1. The highest BCUT2D eigenvalue weighted by molar-refractivity contribution is 6.25. The molecule has 0 amide bonds. The molecule has 6 heteroatoms. The van der Waals surface area contributed by atoms with Crippen LogP contribution in [0.25, 0.3) is 92.9 Å². The molecule has 0 saturated heterocycles. The van der Waals surface area contributed by atoms with E-state index in [9.17, 15) is 0 Å². The van der Waals surface area contributed by atoms with Gasteiger partial charge in [-0.05, 0) is 81.7 Å². The molecule has 1 atom stereocenters. The summed E-state index contributed by atoms with van der Waals surface area (Å²) in [7, 11) is 0. The Labute approximate surface area is 336 Å². The van der Waals surface area contributed by atoms with Crippen LogP contribution in [0.2, 0.25) is 0 Å². The second kappa shape index (κ2) is 12.3. The molecule has 0 radical (unpaired) electrons. The molecule has 276 valence electrons. The molecule has 0 fully saturated rings. The fourth-order valence-electron chi connectivity index (χ4n) is 9.35.